The molecule has 3 heteroatoms. The largest absolute Gasteiger partial charge is 0.378 e. The molecule has 0 aromatic carbocycles. The highest BCUT2D eigenvalue weighted by Gasteiger charge is 2.26. The molecule has 2 nitrogen and oxygen atoms in total. The monoisotopic (exact) mass is 147 g/mol. The molecule has 0 radical (unpaired) electrons. The molecular weight excluding hydrogens is 138 g/mol. The van der Waals surface area contributed by atoms with E-state index in [2.05, 4.69) is 0 Å². The van der Waals surface area contributed by atoms with Crippen molar-refractivity contribution in [3.8, 4) is 6.07 Å². The Balaban J connectivity index is 4.01. The topological polar surface area (TPSA) is 44.0 Å². The van der Waals surface area contributed by atoms with Crippen molar-refractivity contribution < 1.29 is 5.11 Å². The second-order valence-corrected chi connectivity index (χ2v) is 2.92. The van der Waals surface area contributed by atoms with Crippen molar-refractivity contribution >= 4 is 11.6 Å². The minimum atomic E-state index is -0.963. The van der Waals surface area contributed by atoms with E-state index in [0.717, 1.165) is 0 Å². The molecule has 0 aromatic rings. The number of aliphatic hydroxyl groups excluding tert-OH is 1. The van der Waals surface area contributed by atoms with Gasteiger partial charge in [-0.1, -0.05) is 13.8 Å². The van der Waals surface area contributed by atoms with Crippen LogP contribution in [0.1, 0.15) is 13.8 Å². The predicted molar refractivity (Wildman–Crippen MR) is 36.1 cm³/mol. The second kappa shape index (κ2) is 3.05. The van der Waals surface area contributed by atoms with Gasteiger partial charge in [-0.3, -0.25) is 0 Å². The Hall–Kier alpha value is -0.260. The number of alkyl halides is 1. The third-order valence-electron chi connectivity index (χ3n) is 1.21. The van der Waals surface area contributed by atoms with Gasteiger partial charge in [-0.15, -0.1) is 11.6 Å². The normalized spacial score (nSPS) is 14.6. The maximum atomic E-state index is 8.94. The SMILES string of the molecule is CC(C)(CCl)[C@@H](O)C#N. The summed E-state index contributed by atoms with van der Waals surface area (Å²) in [5, 5.41) is 17.2. The van der Waals surface area contributed by atoms with Gasteiger partial charge in [0.2, 0.25) is 0 Å². The summed E-state index contributed by atoms with van der Waals surface area (Å²) in [5.74, 6) is 0.293. The van der Waals surface area contributed by atoms with E-state index in [0.29, 0.717) is 5.88 Å². The molecule has 0 aliphatic rings. The number of nitriles is 1. The van der Waals surface area contributed by atoms with Crippen molar-refractivity contribution in [1.82, 2.24) is 0 Å². The van der Waals surface area contributed by atoms with Crippen molar-refractivity contribution in [2.75, 3.05) is 5.88 Å². The van der Waals surface area contributed by atoms with E-state index in [1.54, 1.807) is 19.9 Å². The average Bonchev–Trinajstić information content (AvgIpc) is 1.86. The van der Waals surface area contributed by atoms with Crippen LogP contribution >= 0.6 is 11.6 Å². The van der Waals surface area contributed by atoms with Crippen molar-refractivity contribution in [3.63, 3.8) is 0 Å². The fourth-order valence-corrected chi connectivity index (χ4v) is 0.394. The van der Waals surface area contributed by atoms with Gasteiger partial charge >= 0.3 is 0 Å². The zero-order valence-corrected chi connectivity index (χ0v) is 6.31. The highest BCUT2D eigenvalue weighted by Crippen LogP contribution is 2.21. The van der Waals surface area contributed by atoms with Gasteiger partial charge in [0.1, 0.15) is 6.10 Å². The Morgan fingerprint density at radius 3 is 2.33 bits per heavy atom. The molecule has 1 atom stereocenters. The fraction of sp³-hybridized carbons (Fsp3) is 0.833. The fourth-order valence-electron chi connectivity index (χ4n) is 0.248. The minimum absolute atomic E-state index is 0.293. The van der Waals surface area contributed by atoms with Crippen LogP contribution in [0.25, 0.3) is 0 Å². The molecule has 0 saturated heterocycles. The number of halogens is 1. The van der Waals surface area contributed by atoms with Gasteiger partial charge in [0.25, 0.3) is 0 Å². The van der Waals surface area contributed by atoms with Gasteiger partial charge in [0.05, 0.1) is 6.07 Å². The summed E-state index contributed by atoms with van der Waals surface area (Å²) in [7, 11) is 0. The zero-order chi connectivity index (χ0) is 7.49. The quantitative estimate of drug-likeness (QED) is 0.470. The molecule has 9 heavy (non-hydrogen) atoms. The van der Waals surface area contributed by atoms with E-state index < -0.39 is 11.5 Å². The van der Waals surface area contributed by atoms with Crippen LogP contribution in [0.4, 0.5) is 0 Å². The lowest BCUT2D eigenvalue weighted by Crippen LogP contribution is -2.29. The van der Waals surface area contributed by atoms with E-state index >= 15 is 0 Å². The summed E-state index contributed by atoms with van der Waals surface area (Å²) < 4.78 is 0. The molecule has 0 heterocycles. The van der Waals surface area contributed by atoms with E-state index in [4.69, 9.17) is 22.0 Å². The Morgan fingerprint density at radius 2 is 2.22 bits per heavy atom. The molecule has 0 amide bonds. The molecule has 0 bridgehead atoms. The molecule has 0 spiro atoms. The molecule has 52 valence electrons. The number of aliphatic hydroxyl groups is 1. The first-order chi connectivity index (χ1) is 4.04. The van der Waals surface area contributed by atoms with Crippen molar-refractivity contribution in [2.45, 2.75) is 20.0 Å². The maximum Gasteiger partial charge on any atom is 0.146 e. The van der Waals surface area contributed by atoms with Crippen LogP contribution in [-0.2, 0) is 0 Å². The van der Waals surface area contributed by atoms with Gasteiger partial charge in [-0.25, -0.2) is 0 Å². The Morgan fingerprint density at radius 1 is 1.78 bits per heavy atom. The molecule has 1 N–H and O–H groups in total. The summed E-state index contributed by atoms with van der Waals surface area (Å²) in [5.41, 5.74) is -0.490. The van der Waals surface area contributed by atoms with E-state index in [1.165, 1.54) is 0 Å². The van der Waals surface area contributed by atoms with Gasteiger partial charge in [-0.2, -0.15) is 5.26 Å². The van der Waals surface area contributed by atoms with Gasteiger partial charge in [0, 0.05) is 11.3 Å². The molecule has 0 aromatic heterocycles. The van der Waals surface area contributed by atoms with Crippen LogP contribution < -0.4 is 0 Å². The lowest BCUT2D eigenvalue weighted by atomic mass is 9.90. The third-order valence-corrected chi connectivity index (χ3v) is 1.90. The third kappa shape index (κ3) is 2.21. The smallest absolute Gasteiger partial charge is 0.146 e. The number of hydrogen-bond donors (Lipinski definition) is 1. The van der Waals surface area contributed by atoms with Crippen LogP contribution in [0.5, 0.6) is 0 Å². The molecule has 0 fully saturated rings. The summed E-state index contributed by atoms with van der Waals surface area (Å²) in [6.45, 7) is 3.49. The van der Waals surface area contributed by atoms with Crippen LogP contribution in [-0.4, -0.2) is 17.1 Å². The predicted octanol–water partition coefficient (Wildman–Crippen LogP) is 1.14. The number of nitrogens with zero attached hydrogens (tertiary/aromatic N) is 1. The Kier molecular flexibility index (Phi) is 2.96. The van der Waals surface area contributed by atoms with Crippen LogP contribution in [0.3, 0.4) is 0 Å². The van der Waals surface area contributed by atoms with Gasteiger partial charge < -0.3 is 5.11 Å². The van der Waals surface area contributed by atoms with Crippen LogP contribution in [0.15, 0.2) is 0 Å². The standard InChI is InChI=1S/C6H10ClNO/c1-6(2,4-7)5(9)3-8/h5,9H,4H2,1-2H3/t5-/m0/s1. The summed E-state index contributed by atoms with van der Waals surface area (Å²) in [4.78, 5) is 0. The zero-order valence-electron chi connectivity index (χ0n) is 5.56. The van der Waals surface area contributed by atoms with Gasteiger partial charge in [-0.05, 0) is 0 Å². The minimum Gasteiger partial charge on any atom is -0.378 e. The van der Waals surface area contributed by atoms with Crippen molar-refractivity contribution in [2.24, 2.45) is 5.41 Å². The first kappa shape index (κ1) is 8.74. The van der Waals surface area contributed by atoms with Crippen molar-refractivity contribution in [3.05, 3.63) is 0 Å². The molecule has 0 rings (SSSR count). The molecular formula is C6H10ClNO. The van der Waals surface area contributed by atoms with Crippen LogP contribution in [0, 0.1) is 16.7 Å². The summed E-state index contributed by atoms with van der Waals surface area (Å²) in [6, 6.07) is 1.73. The number of rotatable bonds is 2. The van der Waals surface area contributed by atoms with E-state index in [9.17, 15) is 0 Å². The highest BCUT2D eigenvalue weighted by molar-refractivity contribution is 6.18. The second-order valence-electron chi connectivity index (χ2n) is 2.65. The van der Waals surface area contributed by atoms with Crippen LogP contribution in [0.2, 0.25) is 0 Å². The molecule has 0 saturated carbocycles. The Bertz CT molecular complexity index is 128. The Labute approximate surface area is 60.1 Å². The van der Waals surface area contributed by atoms with E-state index in [-0.39, 0.29) is 0 Å². The summed E-state index contributed by atoms with van der Waals surface area (Å²) >= 11 is 5.46. The molecule has 0 aliphatic heterocycles. The first-order valence-corrected chi connectivity index (χ1v) is 3.21. The first-order valence-electron chi connectivity index (χ1n) is 2.68. The lowest BCUT2D eigenvalue weighted by Gasteiger charge is -2.21. The molecule has 0 aliphatic carbocycles. The number of hydrogen-bond acceptors (Lipinski definition) is 2. The molecule has 0 unspecified atom stereocenters. The highest BCUT2D eigenvalue weighted by atomic mass is 35.5. The van der Waals surface area contributed by atoms with E-state index in [1.807, 2.05) is 0 Å². The lowest BCUT2D eigenvalue weighted by molar-refractivity contribution is 0.114. The van der Waals surface area contributed by atoms with Gasteiger partial charge in [0.15, 0.2) is 0 Å². The average molecular weight is 148 g/mol. The van der Waals surface area contributed by atoms with Crippen molar-refractivity contribution in [1.29, 1.82) is 5.26 Å². The summed E-state index contributed by atoms with van der Waals surface area (Å²) in [6.07, 6.45) is -0.963. The maximum absolute atomic E-state index is 8.94.